The van der Waals surface area contributed by atoms with Gasteiger partial charge in [0.05, 0.1) is 17.4 Å². The molecule has 1 aromatic carbocycles. The number of aromatic nitrogens is 2. The van der Waals surface area contributed by atoms with Gasteiger partial charge in [0.25, 0.3) is 0 Å². The molecule has 1 unspecified atom stereocenters. The molecule has 5 nitrogen and oxygen atoms in total. The zero-order valence-corrected chi connectivity index (χ0v) is 10.8. The van der Waals surface area contributed by atoms with Gasteiger partial charge >= 0.3 is 0 Å². The van der Waals surface area contributed by atoms with Crippen LogP contribution >= 0.6 is 0 Å². The molecule has 0 saturated carbocycles. The first-order chi connectivity index (χ1) is 9.11. The highest BCUT2D eigenvalue weighted by Gasteiger charge is 2.16. The summed E-state index contributed by atoms with van der Waals surface area (Å²) in [6, 6.07) is 8.52. The Morgan fingerprint density at radius 2 is 2.21 bits per heavy atom. The van der Waals surface area contributed by atoms with Gasteiger partial charge < -0.3 is 5.32 Å². The monoisotopic (exact) mass is 254 g/mol. The maximum Gasteiger partial charge on any atom is 0.248 e. The molecule has 0 aliphatic heterocycles. The highest BCUT2D eigenvalue weighted by Crippen LogP contribution is 2.16. The second-order valence-electron chi connectivity index (χ2n) is 4.32. The van der Waals surface area contributed by atoms with Gasteiger partial charge in [0.1, 0.15) is 12.1 Å². The molecule has 0 fully saturated rings. The molecule has 1 aromatic heterocycles. The third-order valence-corrected chi connectivity index (χ3v) is 2.81. The number of nitrogens with zero attached hydrogens (tertiary/aromatic N) is 3. The molecule has 0 radical (unpaired) electrons. The molecule has 5 heteroatoms. The van der Waals surface area contributed by atoms with Crippen LogP contribution in [-0.2, 0) is 4.79 Å². The Hall–Kier alpha value is -2.61. The lowest BCUT2D eigenvalue weighted by Crippen LogP contribution is -2.24. The smallest absolute Gasteiger partial charge is 0.248 e. The van der Waals surface area contributed by atoms with E-state index in [4.69, 9.17) is 5.26 Å². The van der Waals surface area contributed by atoms with E-state index in [0.29, 0.717) is 11.3 Å². The van der Waals surface area contributed by atoms with Gasteiger partial charge in [-0.2, -0.15) is 10.4 Å². The van der Waals surface area contributed by atoms with Crippen molar-refractivity contribution in [3.05, 3.63) is 47.8 Å². The number of hydrogen-bond acceptors (Lipinski definition) is 3. The number of nitriles is 1. The minimum atomic E-state index is -0.430. The summed E-state index contributed by atoms with van der Waals surface area (Å²) < 4.78 is 1.60. The first kappa shape index (κ1) is 12.8. The fourth-order valence-corrected chi connectivity index (χ4v) is 1.69. The summed E-state index contributed by atoms with van der Waals surface area (Å²) in [5, 5.41) is 15.8. The first-order valence-corrected chi connectivity index (χ1v) is 5.92. The third kappa shape index (κ3) is 2.80. The lowest BCUT2D eigenvalue weighted by atomic mass is 10.2. The standard InChI is InChI=1S/C14H14N4O/c1-10-8-16-18(9-10)11(2)14(19)17-13-6-4-3-5-12(13)7-15/h3-6,8-9,11H,1-2H3,(H,17,19). The maximum atomic E-state index is 12.1. The molecule has 0 saturated heterocycles. The summed E-state index contributed by atoms with van der Waals surface area (Å²) in [6.07, 6.45) is 3.51. The second kappa shape index (κ2) is 5.36. The molecule has 0 aliphatic rings. The predicted molar refractivity (Wildman–Crippen MR) is 71.5 cm³/mol. The normalized spacial score (nSPS) is 11.6. The van der Waals surface area contributed by atoms with E-state index in [0.717, 1.165) is 5.56 Å². The van der Waals surface area contributed by atoms with Gasteiger partial charge in [-0.3, -0.25) is 9.48 Å². The van der Waals surface area contributed by atoms with Crippen LogP contribution in [0.5, 0.6) is 0 Å². The molecule has 1 heterocycles. The number of para-hydroxylation sites is 1. The van der Waals surface area contributed by atoms with E-state index >= 15 is 0 Å². The number of carbonyl (C=O) groups excluding carboxylic acids is 1. The summed E-state index contributed by atoms with van der Waals surface area (Å²) in [4.78, 5) is 12.1. The number of aryl methyl sites for hydroxylation is 1. The van der Waals surface area contributed by atoms with E-state index in [1.54, 1.807) is 48.3 Å². The molecule has 0 aliphatic carbocycles. The fourth-order valence-electron chi connectivity index (χ4n) is 1.69. The minimum absolute atomic E-state index is 0.203. The lowest BCUT2D eigenvalue weighted by Gasteiger charge is -2.13. The molecular weight excluding hydrogens is 240 g/mol. The van der Waals surface area contributed by atoms with Crippen molar-refractivity contribution in [1.29, 1.82) is 5.26 Å². The van der Waals surface area contributed by atoms with Crippen molar-refractivity contribution in [2.24, 2.45) is 0 Å². The van der Waals surface area contributed by atoms with Crippen LogP contribution < -0.4 is 5.32 Å². The summed E-state index contributed by atoms with van der Waals surface area (Å²) in [7, 11) is 0. The molecule has 0 bridgehead atoms. The number of carbonyl (C=O) groups is 1. The molecule has 1 atom stereocenters. The average molecular weight is 254 g/mol. The van der Waals surface area contributed by atoms with E-state index < -0.39 is 6.04 Å². The number of anilines is 1. The first-order valence-electron chi connectivity index (χ1n) is 5.92. The van der Waals surface area contributed by atoms with Crippen molar-refractivity contribution in [3.8, 4) is 6.07 Å². The van der Waals surface area contributed by atoms with Crippen LogP contribution in [0.25, 0.3) is 0 Å². The van der Waals surface area contributed by atoms with Gasteiger partial charge in [0, 0.05) is 6.20 Å². The SMILES string of the molecule is Cc1cnn(C(C)C(=O)Nc2ccccc2C#N)c1. The van der Waals surface area contributed by atoms with Crippen molar-refractivity contribution < 1.29 is 4.79 Å². The van der Waals surface area contributed by atoms with Gasteiger partial charge in [-0.1, -0.05) is 12.1 Å². The van der Waals surface area contributed by atoms with Gasteiger partial charge in [0.2, 0.25) is 5.91 Å². The molecular formula is C14H14N4O. The number of nitrogens with one attached hydrogen (secondary N) is 1. The number of hydrogen-bond donors (Lipinski definition) is 1. The highest BCUT2D eigenvalue weighted by molar-refractivity contribution is 5.94. The predicted octanol–water partition coefficient (Wildman–Crippen LogP) is 2.26. The van der Waals surface area contributed by atoms with E-state index in [9.17, 15) is 4.79 Å². The van der Waals surface area contributed by atoms with Gasteiger partial charge in [0.15, 0.2) is 0 Å². The molecule has 1 N–H and O–H groups in total. The molecule has 19 heavy (non-hydrogen) atoms. The van der Waals surface area contributed by atoms with Gasteiger partial charge in [-0.25, -0.2) is 0 Å². The molecule has 96 valence electrons. The largest absolute Gasteiger partial charge is 0.323 e. The van der Waals surface area contributed by atoms with Crippen LogP contribution in [0.3, 0.4) is 0 Å². The molecule has 0 spiro atoms. The van der Waals surface area contributed by atoms with Crippen LogP contribution in [0.2, 0.25) is 0 Å². The van der Waals surface area contributed by atoms with Crippen molar-refractivity contribution in [3.63, 3.8) is 0 Å². The Labute approximate surface area is 111 Å². The van der Waals surface area contributed by atoms with Crippen molar-refractivity contribution >= 4 is 11.6 Å². The van der Waals surface area contributed by atoms with E-state index in [2.05, 4.69) is 10.4 Å². The second-order valence-corrected chi connectivity index (χ2v) is 4.32. The van der Waals surface area contributed by atoms with Crippen LogP contribution in [0.4, 0.5) is 5.69 Å². The zero-order chi connectivity index (χ0) is 13.8. The summed E-state index contributed by atoms with van der Waals surface area (Å²) >= 11 is 0. The van der Waals surface area contributed by atoms with E-state index in [1.165, 1.54) is 0 Å². The Kier molecular flexibility index (Phi) is 3.62. The van der Waals surface area contributed by atoms with Crippen LogP contribution in [-0.4, -0.2) is 15.7 Å². The molecule has 2 rings (SSSR count). The van der Waals surface area contributed by atoms with Crippen molar-refractivity contribution in [2.75, 3.05) is 5.32 Å². The average Bonchev–Trinajstić information content (AvgIpc) is 2.85. The summed E-state index contributed by atoms with van der Waals surface area (Å²) in [6.45, 7) is 3.68. The Morgan fingerprint density at radius 3 is 2.84 bits per heavy atom. The van der Waals surface area contributed by atoms with Gasteiger partial charge in [-0.05, 0) is 31.5 Å². The van der Waals surface area contributed by atoms with Crippen molar-refractivity contribution in [1.82, 2.24) is 9.78 Å². The maximum absolute atomic E-state index is 12.1. The highest BCUT2D eigenvalue weighted by atomic mass is 16.2. The summed E-state index contributed by atoms with van der Waals surface area (Å²) in [5.74, 6) is -0.203. The Balaban J connectivity index is 2.15. The number of rotatable bonds is 3. The Morgan fingerprint density at radius 1 is 1.47 bits per heavy atom. The number of benzene rings is 1. The minimum Gasteiger partial charge on any atom is -0.323 e. The van der Waals surface area contributed by atoms with Crippen molar-refractivity contribution in [2.45, 2.75) is 19.9 Å². The van der Waals surface area contributed by atoms with Crippen LogP contribution in [0.15, 0.2) is 36.7 Å². The molecule has 2 aromatic rings. The summed E-state index contributed by atoms with van der Waals surface area (Å²) in [5.41, 5.74) is 1.96. The third-order valence-electron chi connectivity index (χ3n) is 2.81. The fraction of sp³-hybridized carbons (Fsp3) is 0.214. The quantitative estimate of drug-likeness (QED) is 0.913. The topological polar surface area (TPSA) is 70.7 Å². The van der Waals surface area contributed by atoms with E-state index in [-0.39, 0.29) is 5.91 Å². The zero-order valence-electron chi connectivity index (χ0n) is 10.8. The van der Waals surface area contributed by atoms with Crippen LogP contribution in [0.1, 0.15) is 24.1 Å². The van der Waals surface area contributed by atoms with Gasteiger partial charge in [-0.15, -0.1) is 0 Å². The van der Waals surface area contributed by atoms with Crippen LogP contribution in [0, 0.1) is 18.3 Å². The lowest BCUT2D eigenvalue weighted by molar-refractivity contribution is -0.119. The number of amides is 1. The molecule has 1 amide bonds. The Bertz CT molecular complexity index is 639. The van der Waals surface area contributed by atoms with E-state index in [1.807, 2.05) is 13.0 Å².